The summed E-state index contributed by atoms with van der Waals surface area (Å²) < 4.78 is 13.1. The van der Waals surface area contributed by atoms with Gasteiger partial charge in [-0.3, -0.25) is 4.79 Å². The SMILES string of the molecule is O=C1NC(C2CCCCC2)=N/C1=C/c1cccc(F)c1. The Balaban J connectivity index is 1.82. The summed E-state index contributed by atoms with van der Waals surface area (Å²) in [6, 6.07) is 6.17. The molecular weight excluding hydrogens is 255 g/mol. The number of carbonyl (C=O) groups excluding carboxylic acids is 1. The molecule has 2 aliphatic rings. The van der Waals surface area contributed by atoms with E-state index in [1.54, 1.807) is 18.2 Å². The van der Waals surface area contributed by atoms with Crippen molar-refractivity contribution in [2.45, 2.75) is 32.1 Å². The van der Waals surface area contributed by atoms with Crippen LogP contribution in [0.25, 0.3) is 6.08 Å². The number of carbonyl (C=O) groups is 1. The van der Waals surface area contributed by atoms with Crippen molar-refractivity contribution < 1.29 is 9.18 Å². The summed E-state index contributed by atoms with van der Waals surface area (Å²) in [5.41, 5.74) is 1.03. The molecule has 20 heavy (non-hydrogen) atoms. The molecule has 1 amide bonds. The summed E-state index contributed by atoms with van der Waals surface area (Å²) in [5.74, 6) is 0.660. The molecule has 1 aromatic rings. The van der Waals surface area contributed by atoms with Crippen LogP contribution in [0.1, 0.15) is 37.7 Å². The topological polar surface area (TPSA) is 41.5 Å². The fourth-order valence-electron chi connectivity index (χ4n) is 2.81. The van der Waals surface area contributed by atoms with E-state index in [-0.39, 0.29) is 11.7 Å². The van der Waals surface area contributed by atoms with Gasteiger partial charge < -0.3 is 5.32 Å². The van der Waals surface area contributed by atoms with E-state index in [9.17, 15) is 9.18 Å². The van der Waals surface area contributed by atoms with Crippen molar-refractivity contribution in [3.8, 4) is 0 Å². The van der Waals surface area contributed by atoms with Crippen molar-refractivity contribution in [3.05, 3.63) is 41.3 Å². The van der Waals surface area contributed by atoms with Crippen molar-refractivity contribution >= 4 is 17.8 Å². The third-order valence-corrected chi connectivity index (χ3v) is 3.86. The average Bonchev–Trinajstić information content (AvgIpc) is 2.81. The van der Waals surface area contributed by atoms with Gasteiger partial charge in [0.25, 0.3) is 5.91 Å². The van der Waals surface area contributed by atoms with Crippen LogP contribution < -0.4 is 5.32 Å². The molecule has 104 valence electrons. The second-order valence-corrected chi connectivity index (χ2v) is 5.37. The predicted octanol–water partition coefficient (Wildman–Crippen LogP) is 3.28. The number of benzene rings is 1. The summed E-state index contributed by atoms with van der Waals surface area (Å²) in [6.07, 6.45) is 7.47. The molecule has 3 nitrogen and oxygen atoms in total. The van der Waals surface area contributed by atoms with Crippen molar-refractivity contribution in [2.75, 3.05) is 0 Å². The monoisotopic (exact) mass is 272 g/mol. The number of aliphatic imine (C=N–C) groups is 1. The first kappa shape index (κ1) is 13.0. The van der Waals surface area contributed by atoms with E-state index in [0.29, 0.717) is 17.2 Å². The molecule has 3 rings (SSSR count). The smallest absolute Gasteiger partial charge is 0.275 e. The molecule has 1 heterocycles. The number of amides is 1. The van der Waals surface area contributed by atoms with E-state index in [0.717, 1.165) is 18.7 Å². The molecule has 1 aromatic carbocycles. The number of hydrogen-bond donors (Lipinski definition) is 1. The van der Waals surface area contributed by atoms with Gasteiger partial charge in [-0.1, -0.05) is 31.4 Å². The van der Waals surface area contributed by atoms with Gasteiger partial charge in [-0.05, 0) is 36.6 Å². The zero-order chi connectivity index (χ0) is 13.9. The van der Waals surface area contributed by atoms with Crippen molar-refractivity contribution in [1.82, 2.24) is 5.32 Å². The second-order valence-electron chi connectivity index (χ2n) is 5.37. The number of rotatable bonds is 2. The Labute approximate surface area is 117 Å². The normalized spacial score (nSPS) is 21.9. The third-order valence-electron chi connectivity index (χ3n) is 3.86. The molecule has 0 radical (unpaired) electrons. The van der Waals surface area contributed by atoms with Gasteiger partial charge in [-0.25, -0.2) is 9.38 Å². The Hall–Kier alpha value is -1.97. The highest BCUT2D eigenvalue weighted by Crippen LogP contribution is 2.27. The van der Waals surface area contributed by atoms with Gasteiger partial charge in [-0.15, -0.1) is 0 Å². The summed E-state index contributed by atoms with van der Waals surface area (Å²) in [4.78, 5) is 16.3. The second kappa shape index (κ2) is 5.57. The molecule has 1 N–H and O–H groups in total. The molecule has 0 saturated heterocycles. The van der Waals surface area contributed by atoms with Gasteiger partial charge >= 0.3 is 0 Å². The average molecular weight is 272 g/mol. The van der Waals surface area contributed by atoms with Gasteiger partial charge in [0.1, 0.15) is 17.3 Å². The standard InChI is InChI=1S/C16H17FN2O/c17-13-8-4-5-11(9-13)10-14-16(20)19-15(18-14)12-6-2-1-3-7-12/h4-5,8-10,12H,1-3,6-7H2,(H,18,19,20)/b14-10+. The highest BCUT2D eigenvalue weighted by molar-refractivity contribution is 6.15. The highest BCUT2D eigenvalue weighted by atomic mass is 19.1. The zero-order valence-corrected chi connectivity index (χ0v) is 11.2. The molecule has 1 saturated carbocycles. The summed E-state index contributed by atoms with van der Waals surface area (Å²) >= 11 is 0. The Morgan fingerprint density at radius 2 is 2.05 bits per heavy atom. The van der Waals surface area contributed by atoms with Crippen molar-refractivity contribution in [3.63, 3.8) is 0 Å². The Bertz CT molecular complexity index is 586. The van der Waals surface area contributed by atoms with Crippen LogP contribution in [0.3, 0.4) is 0 Å². The van der Waals surface area contributed by atoms with Gasteiger partial charge in [0.05, 0.1) is 0 Å². The van der Waals surface area contributed by atoms with Crippen LogP contribution in [0.2, 0.25) is 0 Å². The quantitative estimate of drug-likeness (QED) is 0.825. The summed E-state index contributed by atoms with van der Waals surface area (Å²) in [6.45, 7) is 0. The first-order valence-electron chi connectivity index (χ1n) is 7.09. The molecule has 0 spiro atoms. The number of halogens is 1. The minimum Gasteiger partial charge on any atom is -0.308 e. The number of nitrogens with zero attached hydrogens (tertiary/aromatic N) is 1. The van der Waals surface area contributed by atoms with Crippen molar-refractivity contribution in [2.24, 2.45) is 10.9 Å². The fourth-order valence-corrected chi connectivity index (χ4v) is 2.81. The molecule has 0 unspecified atom stereocenters. The maximum absolute atomic E-state index is 13.1. The molecule has 0 aromatic heterocycles. The Kier molecular flexibility index (Phi) is 3.63. The van der Waals surface area contributed by atoms with Gasteiger partial charge in [0, 0.05) is 5.92 Å². The van der Waals surface area contributed by atoms with Gasteiger partial charge in [0.2, 0.25) is 0 Å². The molecule has 1 fully saturated rings. The predicted molar refractivity (Wildman–Crippen MR) is 76.5 cm³/mol. The lowest BCUT2D eigenvalue weighted by atomic mass is 9.88. The minimum absolute atomic E-state index is 0.185. The zero-order valence-electron chi connectivity index (χ0n) is 11.2. The first-order valence-corrected chi connectivity index (χ1v) is 7.09. The molecule has 4 heteroatoms. The van der Waals surface area contributed by atoms with Crippen molar-refractivity contribution in [1.29, 1.82) is 0 Å². The van der Waals surface area contributed by atoms with Crippen LogP contribution in [0, 0.1) is 11.7 Å². The highest BCUT2D eigenvalue weighted by Gasteiger charge is 2.27. The van der Waals surface area contributed by atoms with Crippen LogP contribution in [0.4, 0.5) is 4.39 Å². The summed E-state index contributed by atoms with van der Waals surface area (Å²) in [7, 11) is 0. The lowest BCUT2D eigenvalue weighted by Crippen LogP contribution is -2.31. The molecular formula is C16H17FN2O. The van der Waals surface area contributed by atoms with E-state index in [1.807, 2.05) is 0 Å². The first-order chi connectivity index (χ1) is 9.72. The van der Waals surface area contributed by atoms with Gasteiger partial charge in [-0.2, -0.15) is 0 Å². The Morgan fingerprint density at radius 3 is 2.80 bits per heavy atom. The maximum Gasteiger partial charge on any atom is 0.275 e. The third kappa shape index (κ3) is 2.79. The number of amidine groups is 1. The largest absolute Gasteiger partial charge is 0.308 e. The van der Waals surface area contributed by atoms with E-state index < -0.39 is 0 Å². The maximum atomic E-state index is 13.1. The molecule has 1 aliphatic carbocycles. The van der Waals surface area contributed by atoms with E-state index in [4.69, 9.17) is 0 Å². The van der Waals surface area contributed by atoms with E-state index in [2.05, 4.69) is 10.3 Å². The van der Waals surface area contributed by atoms with E-state index >= 15 is 0 Å². The fraction of sp³-hybridized carbons (Fsp3) is 0.375. The van der Waals surface area contributed by atoms with E-state index in [1.165, 1.54) is 31.4 Å². The van der Waals surface area contributed by atoms with Gasteiger partial charge in [0.15, 0.2) is 0 Å². The van der Waals surface area contributed by atoms with Crippen LogP contribution in [-0.4, -0.2) is 11.7 Å². The summed E-state index contributed by atoms with van der Waals surface area (Å²) in [5, 5.41) is 2.86. The van der Waals surface area contributed by atoms with Crippen LogP contribution in [-0.2, 0) is 4.79 Å². The van der Waals surface area contributed by atoms with Crippen LogP contribution in [0.5, 0.6) is 0 Å². The minimum atomic E-state index is -0.311. The molecule has 0 bridgehead atoms. The lowest BCUT2D eigenvalue weighted by molar-refractivity contribution is -0.115. The molecule has 0 atom stereocenters. The number of nitrogens with one attached hydrogen (secondary N) is 1. The molecule has 1 aliphatic heterocycles. The number of hydrogen-bond acceptors (Lipinski definition) is 2. The van der Waals surface area contributed by atoms with Crippen LogP contribution in [0.15, 0.2) is 35.0 Å². The van der Waals surface area contributed by atoms with Crippen LogP contribution >= 0.6 is 0 Å². The Morgan fingerprint density at radius 1 is 1.25 bits per heavy atom. The lowest BCUT2D eigenvalue weighted by Gasteiger charge is -2.20.